The minimum Gasteiger partial charge on any atom is -0.398 e. The summed E-state index contributed by atoms with van der Waals surface area (Å²) in [5.41, 5.74) is 7.35. The van der Waals surface area contributed by atoms with Crippen molar-refractivity contribution in [2.45, 2.75) is 26.7 Å². The summed E-state index contributed by atoms with van der Waals surface area (Å²) in [5, 5.41) is 2.91. The molecule has 1 rings (SSSR count). The summed E-state index contributed by atoms with van der Waals surface area (Å²) in [5.74, 6) is 0.565. The van der Waals surface area contributed by atoms with Crippen LogP contribution in [-0.2, 0) is 11.2 Å². The average Bonchev–Trinajstić information content (AvgIpc) is 2.29. The maximum absolute atomic E-state index is 11.6. The van der Waals surface area contributed by atoms with Crippen LogP contribution in [0.25, 0.3) is 0 Å². The smallest absolute Gasteiger partial charge is 0.224 e. The number of amides is 1. The zero-order chi connectivity index (χ0) is 12.0. The van der Waals surface area contributed by atoms with E-state index in [0.717, 1.165) is 18.5 Å². The minimum atomic E-state index is 0.0400. The van der Waals surface area contributed by atoms with Gasteiger partial charge in [-0.05, 0) is 17.5 Å². The lowest BCUT2D eigenvalue weighted by atomic mass is 10.1. The molecule has 0 spiro atoms. The molecule has 0 bridgehead atoms. The highest BCUT2D eigenvalue weighted by Gasteiger charge is 2.06. The molecule has 0 aliphatic carbocycles. The van der Waals surface area contributed by atoms with Gasteiger partial charge >= 0.3 is 0 Å². The van der Waals surface area contributed by atoms with Crippen molar-refractivity contribution >= 4 is 11.6 Å². The second-order valence-electron chi connectivity index (χ2n) is 4.19. The van der Waals surface area contributed by atoms with Crippen molar-refractivity contribution < 1.29 is 4.79 Å². The van der Waals surface area contributed by atoms with E-state index in [4.69, 9.17) is 5.73 Å². The summed E-state index contributed by atoms with van der Waals surface area (Å²) in [4.78, 5) is 11.6. The fraction of sp³-hybridized carbons (Fsp3) is 0.462. The third kappa shape index (κ3) is 3.93. The van der Waals surface area contributed by atoms with Crippen LogP contribution in [0.1, 0.15) is 25.8 Å². The molecule has 1 aromatic carbocycles. The van der Waals surface area contributed by atoms with Gasteiger partial charge in [0.15, 0.2) is 0 Å². The zero-order valence-electron chi connectivity index (χ0n) is 9.99. The van der Waals surface area contributed by atoms with Gasteiger partial charge < -0.3 is 11.1 Å². The molecule has 0 aliphatic rings. The fourth-order valence-electron chi connectivity index (χ4n) is 1.36. The van der Waals surface area contributed by atoms with Gasteiger partial charge in [0.25, 0.3) is 0 Å². The SMILES string of the molecule is CCC(C)CNC(=O)Cc1ccccc1N. The van der Waals surface area contributed by atoms with Crippen LogP contribution < -0.4 is 11.1 Å². The molecule has 3 N–H and O–H groups in total. The van der Waals surface area contributed by atoms with Crippen molar-refractivity contribution in [3.8, 4) is 0 Å². The van der Waals surface area contributed by atoms with Crippen LogP contribution in [0.15, 0.2) is 24.3 Å². The van der Waals surface area contributed by atoms with Crippen LogP contribution >= 0.6 is 0 Å². The summed E-state index contributed by atoms with van der Waals surface area (Å²) in [6.07, 6.45) is 1.44. The quantitative estimate of drug-likeness (QED) is 0.745. The number of rotatable bonds is 5. The molecule has 1 aromatic rings. The Hall–Kier alpha value is -1.51. The number of nitrogens with one attached hydrogen (secondary N) is 1. The van der Waals surface area contributed by atoms with Crippen LogP contribution in [0.3, 0.4) is 0 Å². The van der Waals surface area contributed by atoms with Crippen LogP contribution in [-0.4, -0.2) is 12.5 Å². The summed E-state index contributed by atoms with van der Waals surface area (Å²) < 4.78 is 0. The van der Waals surface area contributed by atoms with E-state index in [1.807, 2.05) is 24.3 Å². The van der Waals surface area contributed by atoms with E-state index in [2.05, 4.69) is 19.2 Å². The molecule has 0 aromatic heterocycles. The van der Waals surface area contributed by atoms with Gasteiger partial charge in [-0.15, -0.1) is 0 Å². The van der Waals surface area contributed by atoms with Crippen LogP contribution in [0.2, 0.25) is 0 Å². The number of para-hydroxylation sites is 1. The lowest BCUT2D eigenvalue weighted by Crippen LogP contribution is -2.29. The number of hydrogen-bond donors (Lipinski definition) is 2. The van der Waals surface area contributed by atoms with Gasteiger partial charge in [0, 0.05) is 12.2 Å². The molecule has 16 heavy (non-hydrogen) atoms. The monoisotopic (exact) mass is 220 g/mol. The van der Waals surface area contributed by atoms with Gasteiger partial charge in [-0.1, -0.05) is 38.5 Å². The van der Waals surface area contributed by atoms with Crippen molar-refractivity contribution in [2.75, 3.05) is 12.3 Å². The molecule has 3 heteroatoms. The fourth-order valence-corrected chi connectivity index (χ4v) is 1.36. The number of nitrogen functional groups attached to an aromatic ring is 1. The molecule has 0 heterocycles. The van der Waals surface area contributed by atoms with Crippen LogP contribution in [0.4, 0.5) is 5.69 Å². The minimum absolute atomic E-state index is 0.0400. The summed E-state index contributed by atoms with van der Waals surface area (Å²) >= 11 is 0. The Labute approximate surface area is 97.0 Å². The van der Waals surface area contributed by atoms with Crippen LogP contribution in [0, 0.1) is 5.92 Å². The molecule has 1 unspecified atom stereocenters. The number of nitrogens with two attached hydrogens (primary N) is 1. The molecular formula is C13H20N2O. The summed E-state index contributed by atoms with van der Waals surface area (Å²) in [7, 11) is 0. The maximum atomic E-state index is 11.6. The topological polar surface area (TPSA) is 55.1 Å². The molecule has 0 saturated carbocycles. The number of hydrogen-bond acceptors (Lipinski definition) is 2. The first-order valence-electron chi connectivity index (χ1n) is 5.73. The standard InChI is InChI=1S/C13H20N2O/c1-3-10(2)9-15-13(16)8-11-6-4-5-7-12(11)14/h4-7,10H,3,8-9,14H2,1-2H3,(H,15,16). The van der Waals surface area contributed by atoms with E-state index in [1.165, 1.54) is 0 Å². The van der Waals surface area contributed by atoms with Gasteiger partial charge in [0.2, 0.25) is 5.91 Å². The second-order valence-corrected chi connectivity index (χ2v) is 4.19. The van der Waals surface area contributed by atoms with E-state index >= 15 is 0 Å². The molecule has 88 valence electrons. The number of anilines is 1. The van der Waals surface area contributed by atoms with Gasteiger partial charge in [0.1, 0.15) is 0 Å². The molecule has 1 amide bonds. The van der Waals surface area contributed by atoms with Gasteiger partial charge in [-0.2, -0.15) is 0 Å². The predicted molar refractivity (Wildman–Crippen MR) is 67.0 cm³/mol. The number of carbonyl (C=O) groups excluding carboxylic acids is 1. The van der Waals surface area contributed by atoms with Gasteiger partial charge in [-0.25, -0.2) is 0 Å². The van der Waals surface area contributed by atoms with Gasteiger partial charge in [-0.3, -0.25) is 4.79 Å². The molecule has 0 saturated heterocycles. The van der Waals surface area contributed by atoms with E-state index in [1.54, 1.807) is 0 Å². The molecular weight excluding hydrogens is 200 g/mol. The first-order chi connectivity index (χ1) is 7.63. The Bertz CT molecular complexity index is 350. The average molecular weight is 220 g/mol. The third-order valence-electron chi connectivity index (χ3n) is 2.75. The maximum Gasteiger partial charge on any atom is 0.224 e. The van der Waals surface area contributed by atoms with E-state index in [-0.39, 0.29) is 5.91 Å². The van der Waals surface area contributed by atoms with E-state index in [9.17, 15) is 4.79 Å². The Kier molecular flexibility index (Phi) is 4.83. The predicted octanol–water partition coefficient (Wildman–Crippen LogP) is 1.97. The molecule has 1 atom stereocenters. The Morgan fingerprint density at radius 3 is 2.75 bits per heavy atom. The van der Waals surface area contributed by atoms with Crippen molar-refractivity contribution in [2.24, 2.45) is 5.92 Å². The number of benzene rings is 1. The Balaban J connectivity index is 2.43. The van der Waals surface area contributed by atoms with Gasteiger partial charge in [0.05, 0.1) is 6.42 Å². The summed E-state index contributed by atoms with van der Waals surface area (Å²) in [6.45, 7) is 4.98. The third-order valence-corrected chi connectivity index (χ3v) is 2.75. The second kappa shape index (κ2) is 6.16. The Morgan fingerprint density at radius 1 is 1.44 bits per heavy atom. The highest BCUT2D eigenvalue weighted by Crippen LogP contribution is 2.10. The first kappa shape index (κ1) is 12.6. The largest absolute Gasteiger partial charge is 0.398 e. The van der Waals surface area contributed by atoms with Crippen molar-refractivity contribution in [3.05, 3.63) is 29.8 Å². The van der Waals surface area contributed by atoms with E-state index in [0.29, 0.717) is 18.0 Å². The number of carbonyl (C=O) groups is 1. The van der Waals surface area contributed by atoms with Crippen molar-refractivity contribution in [1.29, 1.82) is 0 Å². The highest BCUT2D eigenvalue weighted by atomic mass is 16.1. The van der Waals surface area contributed by atoms with Crippen molar-refractivity contribution in [3.63, 3.8) is 0 Å². The normalized spacial score (nSPS) is 12.1. The molecule has 0 aliphatic heterocycles. The van der Waals surface area contributed by atoms with E-state index < -0.39 is 0 Å². The molecule has 0 radical (unpaired) electrons. The molecule has 0 fully saturated rings. The zero-order valence-corrected chi connectivity index (χ0v) is 9.99. The lowest BCUT2D eigenvalue weighted by Gasteiger charge is -2.10. The lowest BCUT2D eigenvalue weighted by molar-refractivity contribution is -0.120. The van der Waals surface area contributed by atoms with Crippen LogP contribution in [0.5, 0.6) is 0 Å². The Morgan fingerprint density at radius 2 is 2.12 bits per heavy atom. The van der Waals surface area contributed by atoms with Crippen molar-refractivity contribution in [1.82, 2.24) is 5.32 Å². The first-order valence-corrected chi connectivity index (χ1v) is 5.73. The molecule has 3 nitrogen and oxygen atoms in total. The highest BCUT2D eigenvalue weighted by molar-refractivity contribution is 5.80. The summed E-state index contributed by atoms with van der Waals surface area (Å²) in [6, 6.07) is 7.47.